The van der Waals surface area contributed by atoms with Crippen LogP contribution in [0.5, 0.6) is 0 Å². The van der Waals surface area contributed by atoms with Gasteiger partial charge in [-0.1, -0.05) is 39.8 Å². The Kier molecular flexibility index (Phi) is 3.99. The fourth-order valence-corrected chi connectivity index (χ4v) is 4.63. The van der Waals surface area contributed by atoms with Gasteiger partial charge in [-0.2, -0.15) is 0 Å². The molecule has 134 valence electrons. The average molecular weight is 351 g/mol. The van der Waals surface area contributed by atoms with Crippen LogP contribution in [-0.2, 0) is 19.0 Å². The molecular weight excluding hydrogens is 320 g/mol. The van der Waals surface area contributed by atoms with Crippen molar-refractivity contribution in [1.29, 1.82) is 0 Å². The lowest BCUT2D eigenvalue weighted by Gasteiger charge is -2.62. The van der Waals surface area contributed by atoms with Gasteiger partial charge in [-0.05, 0) is 11.5 Å². The van der Waals surface area contributed by atoms with Crippen LogP contribution in [-0.4, -0.2) is 38.1 Å². The molecular formula is C19H30O4Si. The summed E-state index contributed by atoms with van der Waals surface area (Å²) in [6, 6.07) is 0. The van der Waals surface area contributed by atoms with Crippen molar-refractivity contribution >= 4 is 14.0 Å². The lowest BCUT2D eigenvalue weighted by atomic mass is 9.57. The number of rotatable bonds is 0. The van der Waals surface area contributed by atoms with Gasteiger partial charge in [-0.3, -0.25) is 4.79 Å². The Morgan fingerprint density at radius 3 is 2.54 bits per heavy atom. The van der Waals surface area contributed by atoms with Gasteiger partial charge in [0.1, 0.15) is 14.2 Å². The van der Waals surface area contributed by atoms with Crippen molar-refractivity contribution in [1.82, 2.24) is 0 Å². The molecule has 24 heavy (non-hydrogen) atoms. The zero-order chi connectivity index (χ0) is 18.0. The molecule has 4 nitrogen and oxygen atoms in total. The highest BCUT2D eigenvalue weighted by Crippen LogP contribution is 2.57. The van der Waals surface area contributed by atoms with E-state index in [9.17, 15) is 4.79 Å². The van der Waals surface area contributed by atoms with Gasteiger partial charge < -0.3 is 14.2 Å². The number of esters is 1. The Morgan fingerprint density at radius 2 is 1.92 bits per heavy atom. The molecule has 0 aromatic heterocycles. The summed E-state index contributed by atoms with van der Waals surface area (Å²) in [7, 11) is -1.67. The van der Waals surface area contributed by atoms with Crippen LogP contribution < -0.4 is 0 Å². The first-order chi connectivity index (χ1) is 10.9. The van der Waals surface area contributed by atoms with Crippen LogP contribution in [0.2, 0.25) is 18.1 Å². The van der Waals surface area contributed by atoms with Crippen LogP contribution in [0, 0.1) is 23.3 Å². The van der Waals surface area contributed by atoms with E-state index >= 15 is 0 Å². The van der Waals surface area contributed by atoms with Gasteiger partial charge >= 0.3 is 5.97 Å². The van der Waals surface area contributed by atoms with Crippen molar-refractivity contribution in [2.45, 2.75) is 83.1 Å². The molecule has 0 bridgehead atoms. The molecule has 1 aliphatic carbocycles. The lowest BCUT2D eigenvalue weighted by molar-refractivity contribution is -0.366. The Labute approximate surface area is 146 Å². The minimum atomic E-state index is -1.67. The maximum absolute atomic E-state index is 12.3. The number of carbonyl (C=O) groups excluding carboxylic acids is 1. The third-order valence-corrected chi connectivity index (χ3v) is 10.8. The summed E-state index contributed by atoms with van der Waals surface area (Å²) in [5.74, 6) is 2.52. The van der Waals surface area contributed by atoms with E-state index in [4.69, 9.17) is 14.2 Å². The second-order valence-corrected chi connectivity index (χ2v) is 14.5. The van der Waals surface area contributed by atoms with Crippen molar-refractivity contribution in [2.75, 3.05) is 6.61 Å². The molecule has 0 aromatic rings. The van der Waals surface area contributed by atoms with Crippen molar-refractivity contribution in [3.8, 4) is 11.5 Å². The molecule has 0 aromatic carbocycles. The van der Waals surface area contributed by atoms with Crippen LogP contribution in [0.3, 0.4) is 0 Å². The zero-order valence-corrected chi connectivity index (χ0v) is 17.0. The largest absolute Gasteiger partial charge is 0.433 e. The monoisotopic (exact) mass is 350 g/mol. The smallest absolute Gasteiger partial charge is 0.314 e. The SMILES string of the molecule is CC1(C)OC(=O)[C@H]2C[C@H]3CO[C@H](C#C[Si](C)(C)C(C)(C)C)C[C@@]32O1. The summed E-state index contributed by atoms with van der Waals surface area (Å²) in [5.41, 5.74) is 3.10. The predicted molar refractivity (Wildman–Crippen MR) is 94.9 cm³/mol. The highest BCUT2D eigenvalue weighted by Gasteiger charge is 2.67. The van der Waals surface area contributed by atoms with E-state index < -0.39 is 19.5 Å². The van der Waals surface area contributed by atoms with Crippen molar-refractivity contribution < 1.29 is 19.0 Å². The van der Waals surface area contributed by atoms with Crippen molar-refractivity contribution in [2.24, 2.45) is 11.8 Å². The van der Waals surface area contributed by atoms with Gasteiger partial charge in [0.25, 0.3) is 0 Å². The summed E-state index contributed by atoms with van der Waals surface area (Å²) in [6.07, 6.45) is 1.32. The normalized spacial score (nSPS) is 38.0. The molecule has 3 fully saturated rings. The quantitative estimate of drug-likeness (QED) is 0.381. The summed E-state index contributed by atoms with van der Waals surface area (Å²) < 4.78 is 17.7. The number of ether oxygens (including phenoxy) is 3. The first-order valence-corrected chi connectivity index (χ1v) is 11.9. The van der Waals surface area contributed by atoms with Gasteiger partial charge in [-0.15, -0.1) is 5.54 Å². The summed E-state index contributed by atoms with van der Waals surface area (Å²) in [6.45, 7) is 15.6. The van der Waals surface area contributed by atoms with Gasteiger partial charge in [0.15, 0.2) is 0 Å². The zero-order valence-electron chi connectivity index (χ0n) is 16.0. The number of hydrogen-bond donors (Lipinski definition) is 0. The molecule has 3 aliphatic rings. The first-order valence-electron chi connectivity index (χ1n) is 8.94. The molecule has 2 heterocycles. The lowest BCUT2D eigenvalue weighted by Crippen LogP contribution is -2.71. The fourth-order valence-electron chi connectivity index (χ4n) is 3.73. The van der Waals surface area contributed by atoms with E-state index in [0.29, 0.717) is 13.0 Å². The van der Waals surface area contributed by atoms with E-state index in [-0.39, 0.29) is 28.9 Å². The number of hydrogen-bond acceptors (Lipinski definition) is 4. The molecule has 0 N–H and O–H groups in total. The molecule has 1 spiro atoms. The van der Waals surface area contributed by atoms with Gasteiger partial charge in [0.05, 0.1) is 18.1 Å². The molecule has 0 radical (unpaired) electrons. The maximum atomic E-state index is 12.3. The molecule has 1 saturated carbocycles. The molecule has 0 unspecified atom stereocenters. The molecule has 0 amide bonds. The van der Waals surface area contributed by atoms with E-state index in [1.807, 2.05) is 13.8 Å². The molecule has 4 atom stereocenters. The second-order valence-electron chi connectivity index (χ2n) is 9.53. The topological polar surface area (TPSA) is 44.8 Å². The van der Waals surface area contributed by atoms with Crippen LogP contribution in [0.4, 0.5) is 0 Å². The summed E-state index contributed by atoms with van der Waals surface area (Å²) in [4.78, 5) is 12.3. The first kappa shape index (κ1) is 18.0. The highest BCUT2D eigenvalue weighted by atomic mass is 28.3. The van der Waals surface area contributed by atoms with E-state index in [2.05, 4.69) is 45.3 Å². The Hall–Kier alpha value is -0.833. The number of carbonyl (C=O) groups is 1. The van der Waals surface area contributed by atoms with Crippen molar-refractivity contribution in [3.05, 3.63) is 0 Å². The van der Waals surface area contributed by atoms with E-state index in [1.54, 1.807) is 0 Å². The van der Waals surface area contributed by atoms with Gasteiger partial charge in [0.2, 0.25) is 5.79 Å². The average Bonchev–Trinajstić information content (AvgIpc) is 2.37. The summed E-state index contributed by atoms with van der Waals surface area (Å²) >= 11 is 0. The molecule has 3 rings (SSSR count). The fraction of sp³-hybridized carbons (Fsp3) is 0.842. The standard InChI is InChI=1S/C19H30O4Si/c1-17(2,3)24(6,7)9-8-14-11-19-13(12-21-14)10-15(19)16(20)22-18(4,5)23-19/h13-15H,10-12H2,1-7H3/t13-,14+,15+,19+/m0/s1. The Bertz CT molecular complexity index is 607. The Balaban J connectivity index is 1.81. The van der Waals surface area contributed by atoms with E-state index in [1.165, 1.54) is 0 Å². The van der Waals surface area contributed by atoms with Crippen LogP contribution in [0.15, 0.2) is 0 Å². The second kappa shape index (κ2) is 5.33. The minimum absolute atomic E-state index is 0.125. The predicted octanol–water partition coefficient (Wildman–Crippen LogP) is 3.51. The maximum Gasteiger partial charge on any atom is 0.314 e. The third-order valence-electron chi connectivity index (χ3n) is 6.29. The molecule has 5 heteroatoms. The van der Waals surface area contributed by atoms with Gasteiger partial charge in [-0.25, -0.2) is 0 Å². The van der Waals surface area contributed by atoms with Crippen LogP contribution in [0.25, 0.3) is 0 Å². The van der Waals surface area contributed by atoms with Crippen molar-refractivity contribution in [3.63, 3.8) is 0 Å². The number of cyclic esters (lactones) is 1. The highest BCUT2D eigenvalue weighted by molar-refractivity contribution is 6.87. The molecule has 2 saturated heterocycles. The minimum Gasteiger partial charge on any atom is -0.433 e. The molecule has 2 aliphatic heterocycles. The van der Waals surface area contributed by atoms with Gasteiger partial charge in [0, 0.05) is 26.2 Å². The Morgan fingerprint density at radius 1 is 1.25 bits per heavy atom. The van der Waals surface area contributed by atoms with E-state index in [0.717, 1.165) is 6.42 Å². The van der Waals surface area contributed by atoms with Crippen LogP contribution >= 0.6 is 0 Å². The van der Waals surface area contributed by atoms with Crippen LogP contribution in [0.1, 0.15) is 47.5 Å². The summed E-state index contributed by atoms with van der Waals surface area (Å²) in [5, 5.41) is 0.224. The third kappa shape index (κ3) is 2.83.